The van der Waals surface area contributed by atoms with Crippen molar-refractivity contribution in [3.05, 3.63) is 0 Å². The molecular formula is C8H13NO4. The zero-order chi connectivity index (χ0) is 10.0. The minimum Gasteiger partial charge on any atom is -0.469 e. The number of hydrogen-bond acceptors (Lipinski definition) is 5. The largest absolute Gasteiger partial charge is 0.469 e. The van der Waals surface area contributed by atoms with Gasteiger partial charge in [-0.3, -0.25) is 9.59 Å². The van der Waals surface area contributed by atoms with E-state index >= 15 is 0 Å². The minimum absolute atomic E-state index is 0.111. The average Bonchev–Trinajstić information content (AvgIpc) is 2.93. The van der Waals surface area contributed by atoms with E-state index in [1.165, 1.54) is 14.2 Å². The van der Waals surface area contributed by atoms with Gasteiger partial charge in [-0.05, 0) is 12.3 Å². The highest BCUT2D eigenvalue weighted by molar-refractivity contribution is 5.81. The molecule has 0 aromatic rings. The molecule has 1 saturated carbocycles. The third-order valence-electron chi connectivity index (χ3n) is 2.28. The van der Waals surface area contributed by atoms with Crippen LogP contribution in [0.3, 0.4) is 0 Å². The van der Waals surface area contributed by atoms with Gasteiger partial charge < -0.3 is 15.2 Å². The molecule has 2 N–H and O–H groups in total. The molecule has 5 heteroatoms. The van der Waals surface area contributed by atoms with Crippen molar-refractivity contribution in [3.63, 3.8) is 0 Å². The zero-order valence-corrected chi connectivity index (χ0v) is 7.65. The molecule has 0 bridgehead atoms. The third kappa shape index (κ3) is 1.98. The molecule has 0 amide bonds. The molecule has 5 nitrogen and oxygen atoms in total. The quantitative estimate of drug-likeness (QED) is 0.591. The van der Waals surface area contributed by atoms with Crippen LogP contribution in [0.25, 0.3) is 0 Å². The summed E-state index contributed by atoms with van der Waals surface area (Å²) in [4.78, 5) is 21.9. The fourth-order valence-electron chi connectivity index (χ4n) is 1.34. The highest BCUT2D eigenvalue weighted by Crippen LogP contribution is 2.41. The monoisotopic (exact) mass is 187 g/mol. The smallest absolute Gasteiger partial charge is 0.322 e. The first-order chi connectivity index (χ1) is 6.11. The molecule has 0 spiro atoms. The molecule has 1 fully saturated rings. The van der Waals surface area contributed by atoms with Gasteiger partial charge in [-0.25, -0.2) is 0 Å². The molecule has 1 aliphatic rings. The van der Waals surface area contributed by atoms with Gasteiger partial charge in [0.1, 0.15) is 6.04 Å². The molecule has 3 atom stereocenters. The fraction of sp³-hybridized carbons (Fsp3) is 0.750. The second-order valence-corrected chi connectivity index (χ2v) is 3.08. The van der Waals surface area contributed by atoms with E-state index in [9.17, 15) is 9.59 Å². The van der Waals surface area contributed by atoms with Crippen LogP contribution in [0.4, 0.5) is 0 Å². The fourth-order valence-corrected chi connectivity index (χ4v) is 1.34. The predicted molar refractivity (Wildman–Crippen MR) is 43.6 cm³/mol. The number of carbonyl (C=O) groups excluding carboxylic acids is 2. The van der Waals surface area contributed by atoms with Crippen LogP contribution in [0.1, 0.15) is 6.42 Å². The molecule has 74 valence electrons. The van der Waals surface area contributed by atoms with Gasteiger partial charge in [0.25, 0.3) is 0 Å². The number of carbonyl (C=O) groups is 2. The second-order valence-electron chi connectivity index (χ2n) is 3.08. The number of nitrogens with two attached hydrogens (primary N) is 1. The zero-order valence-electron chi connectivity index (χ0n) is 7.65. The molecule has 1 aliphatic carbocycles. The molecule has 0 unspecified atom stereocenters. The Bertz CT molecular complexity index is 228. The topological polar surface area (TPSA) is 78.6 Å². The number of methoxy groups -OCH3 is 2. The van der Waals surface area contributed by atoms with Gasteiger partial charge in [-0.15, -0.1) is 0 Å². The summed E-state index contributed by atoms with van der Waals surface area (Å²) in [5.41, 5.74) is 5.53. The average molecular weight is 187 g/mol. The van der Waals surface area contributed by atoms with E-state index in [-0.39, 0.29) is 17.8 Å². The van der Waals surface area contributed by atoms with E-state index in [2.05, 4.69) is 9.47 Å². The Hall–Kier alpha value is -1.10. The lowest BCUT2D eigenvalue weighted by atomic mass is 10.1. The summed E-state index contributed by atoms with van der Waals surface area (Å²) in [7, 11) is 2.60. The van der Waals surface area contributed by atoms with Crippen molar-refractivity contribution >= 4 is 11.9 Å². The van der Waals surface area contributed by atoms with Crippen LogP contribution in [-0.4, -0.2) is 32.2 Å². The lowest BCUT2D eigenvalue weighted by Crippen LogP contribution is -2.34. The van der Waals surface area contributed by atoms with Gasteiger partial charge in [-0.2, -0.15) is 0 Å². The SMILES string of the molecule is COC(=O)[C@H]1C[C@H]1[C@@H](N)C(=O)OC. The highest BCUT2D eigenvalue weighted by Gasteiger charge is 2.50. The molecular weight excluding hydrogens is 174 g/mol. The first kappa shape index (κ1) is 9.98. The van der Waals surface area contributed by atoms with Gasteiger partial charge >= 0.3 is 11.9 Å². The van der Waals surface area contributed by atoms with Crippen molar-refractivity contribution in [3.8, 4) is 0 Å². The normalized spacial score (nSPS) is 27.6. The number of hydrogen-bond donors (Lipinski definition) is 1. The van der Waals surface area contributed by atoms with E-state index in [0.29, 0.717) is 6.42 Å². The Morgan fingerprint density at radius 2 is 2.00 bits per heavy atom. The van der Waals surface area contributed by atoms with Gasteiger partial charge in [0.15, 0.2) is 0 Å². The first-order valence-corrected chi connectivity index (χ1v) is 4.03. The van der Waals surface area contributed by atoms with Crippen LogP contribution in [-0.2, 0) is 19.1 Å². The number of esters is 2. The second kappa shape index (κ2) is 3.74. The molecule has 0 heterocycles. The molecule has 0 radical (unpaired) electrons. The Morgan fingerprint density at radius 1 is 1.38 bits per heavy atom. The van der Waals surface area contributed by atoms with Crippen molar-refractivity contribution in [1.29, 1.82) is 0 Å². The van der Waals surface area contributed by atoms with Crippen LogP contribution in [0.15, 0.2) is 0 Å². The Morgan fingerprint density at radius 3 is 2.46 bits per heavy atom. The Balaban J connectivity index is 2.42. The van der Waals surface area contributed by atoms with Crippen molar-refractivity contribution in [2.24, 2.45) is 17.6 Å². The Kier molecular flexibility index (Phi) is 2.87. The van der Waals surface area contributed by atoms with E-state index in [0.717, 1.165) is 0 Å². The van der Waals surface area contributed by atoms with Gasteiger partial charge in [-0.1, -0.05) is 0 Å². The van der Waals surface area contributed by atoms with Crippen LogP contribution < -0.4 is 5.73 Å². The van der Waals surface area contributed by atoms with Crippen LogP contribution in [0.2, 0.25) is 0 Å². The maximum absolute atomic E-state index is 11.0. The van der Waals surface area contributed by atoms with Gasteiger partial charge in [0, 0.05) is 0 Å². The molecule has 0 saturated heterocycles. The van der Waals surface area contributed by atoms with E-state index < -0.39 is 12.0 Å². The summed E-state index contributed by atoms with van der Waals surface area (Å²) in [5.74, 6) is -1.11. The molecule has 0 aromatic heterocycles. The third-order valence-corrected chi connectivity index (χ3v) is 2.28. The summed E-state index contributed by atoms with van der Waals surface area (Å²) in [6.45, 7) is 0. The number of rotatable bonds is 3. The van der Waals surface area contributed by atoms with Crippen molar-refractivity contribution in [2.75, 3.05) is 14.2 Å². The van der Waals surface area contributed by atoms with Gasteiger partial charge in [0.05, 0.1) is 20.1 Å². The lowest BCUT2D eigenvalue weighted by molar-refractivity contribution is -0.144. The first-order valence-electron chi connectivity index (χ1n) is 4.03. The summed E-state index contributed by atoms with van der Waals surface area (Å²) >= 11 is 0. The maximum Gasteiger partial charge on any atom is 0.322 e. The van der Waals surface area contributed by atoms with Crippen molar-refractivity contribution in [1.82, 2.24) is 0 Å². The van der Waals surface area contributed by atoms with Gasteiger partial charge in [0.2, 0.25) is 0 Å². The van der Waals surface area contributed by atoms with Crippen molar-refractivity contribution in [2.45, 2.75) is 12.5 Å². The molecule has 13 heavy (non-hydrogen) atoms. The summed E-state index contributed by atoms with van der Waals surface area (Å²) in [5, 5.41) is 0. The maximum atomic E-state index is 11.0. The molecule has 0 aromatic carbocycles. The number of ether oxygens (including phenoxy) is 2. The highest BCUT2D eigenvalue weighted by atomic mass is 16.5. The lowest BCUT2D eigenvalue weighted by Gasteiger charge is -2.07. The van der Waals surface area contributed by atoms with E-state index in [4.69, 9.17) is 5.73 Å². The van der Waals surface area contributed by atoms with Crippen LogP contribution in [0.5, 0.6) is 0 Å². The van der Waals surface area contributed by atoms with E-state index in [1.54, 1.807) is 0 Å². The minimum atomic E-state index is -0.700. The predicted octanol–water partition coefficient (Wildman–Crippen LogP) is -0.704. The molecule has 1 rings (SSSR count). The Labute approximate surface area is 76.2 Å². The van der Waals surface area contributed by atoms with Crippen LogP contribution >= 0.6 is 0 Å². The summed E-state index contributed by atoms with van der Waals surface area (Å²) in [6.07, 6.45) is 0.614. The molecule has 0 aliphatic heterocycles. The standard InChI is InChI=1S/C8H13NO4/c1-12-7(10)5-3-4(5)6(9)8(11)13-2/h4-6H,3,9H2,1-2H3/t4-,5+,6-/m1/s1. The van der Waals surface area contributed by atoms with Crippen molar-refractivity contribution < 1.29 is 19.1 Å². The van der Waals surface area contributed by atoms with E-state index in [1.807, 2.05) is 0 Å². The summed E-state index contributed by atoms with van der Waals surface area (Å²) < 4.78 is 8.98. The van der Waals surface area contributed by atoms with Crippen LogP contribution in [0, 0.1) is 11.8 Å². The summed E-state index contributed by atoms with van der Waals surface area (Å²) in [6, 6.07) is -0.700.